The van der Waals surface area contributed by atoms with Crippen molar-refractivity contribution in [2.45, 2.75) is 13.3 Å². The SMILES string of the molecule is Cc1ccc(-c2ccccc2)nc1CC(=O)O. The van der Waals surface area contributed by atoms with Gasteiger partial charge >= 0.3 is 5.97 Å². The Morgan fingerprint density at radius 3 is 2.53 bits per heavy atom. The number of rotatable bonds is 3. The molecule has 0 saturated carbocycles. The molecular weight excluding hydrogens is 214 g/mol. The molecule has 3 heteroatoms. The molecule has 0 aliphatic carbocycles. The molecule has 2 aromatic rings. The molecule has 3 nitrogen and oxygen atoms in total. The number of pyridine rings is 1. The molecular formula is C14H13NO2. The Bertz CT molecular complexity index is 535. The molecule has 0 unspecified atom stereocenters. The molecule has 1 aromatic carbocycles. The highest BCUT2D eigenvalue weighted by Crippen LogP contribution is 2.18. The molecule has 0 atom stereocenters. The molecule has 0 spiro atoms. The largest absolute Gasteiger partial charge is 0.481 e. The lowest BCUT2D eigenvalue weighted by molar-refractivity contribution is -0.136. The quantitative estimate of drug-likeness (QED) is 0.877. The van der Waals surface area contributed by atoms with Gasteiger partial charge in [-0.2, -0.15) is 0 Å². The normalized spacial score (nSPS) is 10.2. The Labute approximate surface area is 99.8 Å². The molecule has 0 aliphatic heterocycles. The summed E-state index contributed by atoms with van der Waals surface area (Å²) in [4.78, 5) is 15.1. The molecule has 1 aromatic heterocycles. The van der Waals surface area contributed by atoms with E-state index in [1.54, 1.807) is 0 Å². The van der Waals surface area contributed by atoms with Crippen molar-refractivity contribution in [3.63, 3.8) is 0 Å². The van der Waals surface area contributed by atoms with E-state index in [1.807, 2.05) is 49.4 Å². The third-order valence-electron chi connectivity index (χ3n) is 2.59. The number of aliphatic carboxylic acids is 1. The van der Waals surface area contributed by atoms with E-state index in [1.165, 1.54) is 0 Å². The van der Waals surface area contributed by atoms with E-state index in [0.29, 0.717) is 5.69 Å². The van der Waals surface area contributed by atoms with E-state index >= 15 is 0 Å². The summed E-state index contributed by atoms with van der Waals surface area (Å²) in [5.41, 5.74) is 3.34. The highest BCUT2D eigenvalue weighted by molar-refractivity contribution is 5.70. The molecule has 0 fully saturated rings. The first kappa shape index (κ1) is 11.3. The van der Waals surface area contributed by atoms with Crippen LogP contribution in [0, 0.1) is 6.92 Å². The van der Waals surface area contributed by atoms with Crippen LogP contribution in [0.2, 0.25) is 0 Å². The number of nitrogens with zero attached hydrogens (tertiary/aromatic N) is 1. The van der Waals surface area contributed by atoms with E-state index in [4.69, 9.17) is 5.11 Å². The summed E-state index contributed by atoms with van der Waals surface area (Å²) in [5, 5.41) is 8.81. The van der Waals surface area contributed by atoms with E-state index in [0.717, 1.165) is 16.8 Å². The van der Waals surface area contributed by atoms with Crippen LogP contribution >= 0.6 is 0 Å². The van der Waals surface area contributed by atoms with Gasteiger partial charge in [0.25, 0.3) is 0 Å². The first-order valence-corrected chi connectivity index (χ1v) is 5.40. The minimum atomic E-state index is -0.856. The summed E-state index contributed by atoms with van der Waals surface area (Å²) < 4.78 is 0. The maximum atomic E-state index is 10.7. The number of hydrogen-bond acceptors (Lipinski definition) is 2. The van der Waals surface area contributed by atoms with Crippen LogP contribution < -0.4 is 0 Å². The summed E-state index contributed by atoms with van der Waals surface area (Å²) in [6.45, 7) is 1.88. The van der Waals surface area contributed by atoms with Gasteiger partial charge in [0.15, 0.2) is 0 Å². The fourth-order valence-corrected chi connectivity index (χ4v) is 1.66. The van der Waals surface area contributed by atoms with Gasteiger partial charge in [0, 0.05) is 5.56 Å². The van der Waals surface area contributed by atoms with Crippen molar-refractivity contribution in [2.75, 3.05) is 0 Å². The summed E-state index contributed by atoms with van der Waals surface area (Å²) in [5.74, 6) is -0.856. The minimum absolute atomic E-state index is 0.0352. The first-order chi connectivity index (χ1) is 8.16. The van der Waals surface area contributed by atoms with Crippen LogP contribution in [-0.2, 0) is 11.2 Å². The van der Waals surface area contributed by atoms with E-state index in [-0.39, 0.29) is 6.42 Å². The number of carboxylic acid groups (broad SMARTS) is 1. The Hall–Kier alpha value is -2.16. The Balaban J connectivity index is 2.41. The lowest BCUT2D eigenvalue weighted by atomic mass is 10.1. The highest BCUT2D eigenvalue weighted by atomic mass is 16.4. The lowest BCUT2D eigenvalue weighted by Gasteiger charge is -2.06. The van der Waals surface area contributed by atoms with E-state index in [9.17, 15) is 4.79 Å². The van der Waals surface area contributed by atoms with Gasteiger partial charge in [0.1, 0.15) is 0 Å². The van der Waals surface area contributed by atoms with Crippen LogP contribution in [0.15, 0.2) is 42.5 Å². The summed E-state index contributed by atoms with van der Waals surface area (Å²) in [7, 11) is 0. The number of aromatic nitrogens is 1. The molecule has 1 heterocycles. The van der Waals surface area contributed by atoms with Crippen molar-refractivity contribution in [1.82, 2.24) is 4.98 Å². The summed E-state index contributed by atoms with van der Waals surface area (Å²) >= 11 is 0. The Morgan fingerprint density at radius 1 is 1.18 bits per heavy atom. The predicted molar refractivity (Wildman–Crippen MR) is 65.7 cm³/mol. The van der Waals surface area contributed by atoms with Crippen molar-refractivity contribution >= 4 is 5.97 Å². The van der Waals surface area contributed by atoms with Gasteiger partial charge in [-0.3, -0.25) is 9.78 Å². The van der Waals surface area contributed by atoms with Gasteiger partial charge in [-0.1, -0.05) is 36.4 Å². The maximum absolute atomic E-state index is 10.7. The smallest absolute Gasteiger partial charge is 0.309 e. The highest BCUT2D eigenvalue weighted by Gasteiger charge is 2.07. The fourth-order valence-electron chi connectivity index (χ4n) is 1.66. The number of hydrogen-bond donors (Lipinski definition) is 1. The average molecular weight is 227 g/mol. The standard InChI is InChI=1S/C14H13NO2/c1-10-7-8-12(11-5-3-2-4-6-11)15-13(10)9-14(16)17/h2-8H,9H2,1H3,(H,16,17). The molecule has 0 aliphatic rings. The zero-order valence-electron chi connectivity index (χ0n) is 9.55. The second-order valence-corrected chi connectivity index (χ2v) is 3.90. The third kappa shape index (κ3) is 2.69. The minimum Gasteiger partial charge on any atom is -0.481 e. The van der Waals surface area contributed by atoms with Crippen LogP contribution in [0.5, 0.6) is 0 Å². The molecule has 86 valence electrons. The lowest BCUT2D eigenvalue weighted by Crippen LogP contribution is -2.05. The number of aryl methyl sites for hydroxylation is 1. The topological polar surface area (TPSA) is 50.2 Å². The zero-order chi connectivity index (χ0) is 12.3. The Kier molecular flexibility index (Phi) is 3.19. The van der Waals surface area contributed by atoms with Crippen LogP contribution in [0.25, 0.3) is 11.3 Å². The molecule has 2 rings (SSSR count). The molecule has 0 radical (unpaired) electrons. The van der Waals surface area contributed by atoms with Crippen LogP contribution in [-0.4, -0.2) is 16.1 Å². The summed E-state index contributed by atoms with van der Waals surface area (Å²) in [6.07, 6.45) is -0.0352. The van der Waals surface area contributed by atoms with Gasteiger partial charge in [-0.15, -0.1) is 0 Å². The predicted octanol–water partition coefficient (Wildman–Crippen LogP) is 2.68. The number of benzene rings is 1. The van der Waals surface area contributed by atoms with Crippen molar-refractivity contribution in [3.05, 3.63) is 53.7 Å². The van der Waals surface area contributed by atoms with Gasteiger partial charge in [0.2, 0.25) is 0 Å². The third-order valence-corrected chi connectivity index (χ3v) is 2.59. The van der Waals surface area contributed by atoms with Gasteiger partial charge < -0.3 is 5.11 Å². The molecule has 17 heavy (non-hydrogen) atoms. The monoisotopic (exact) mass is 227 g/mol. The summed E-state index contributed by atoms with van der Waals surface area (Å²) in [6, 6.07) is 13.6. The van der Waals surface area contributed by atoms with Crippen LogP contribution in [0.1, 0.15) is 11.3 Å². The average Bonchev–Trinajstić information content (AvgIpc) is 2.32. The first-order valence-electron chi connectivity index (χ1n) is 5.40. The second kappa shape index (κ2) is 4.78. The molecule has 0 bridgehead atoms. The maximum Gasteiger partial charge on any atom is 0.309 e. The van der Waals surface area contributed by atoms with E-state index < -0.39 is 5.97 Å². The van der Waals surface area contributed by atoms with Crippen molar-refractivity contribution in [2.24, 2.45) is 0 Å². The fraction of sp³-hybridized carbons (Fsp3) is 0.143. The van der Waals surface area contributed by atoms with Gasteiger partial charge in [-0.25, -0.2) is 0 Å². The van der Waals surface area contributed by atoms with Crippen LogP contribution in [0.3, 0.4) is 0 Å². The molecule has 1 N–H and O–H groups in total. The van der Waals surface area contributed by atoms with Gasteiger partial charge in [-0.05, 0) is 18.6 Å². The van der Waals surface area contributed by atoms with Crippen molar-refractivity contribution < 1.29 is 9.90 Å². The molecule has 0 amide bonds. The van der Waals surface area contributed by atoms with Gasteiger partial charge in [0.05, 0.1) is 17.8 Å². The number of carboxylic acids is 1. The molecule has 0 saturated heterocycles. The Morgan fingerprint density at radius 2 is 1.88 bits per heavy atom. The van der Waals surface area contributed by atoms with Crippen molar-refractivity contribution in [1.29, 1.82) is 0 Å². The second-order valence-electron chi connectivity index (χ2n) is 3.90. The van der Waals surface area contributed by atoms with E-state index in [2.05, 4.69) is 4.98 Å². The van der Waals surface area contributed by atoms with Crippen LogP contribution in [0.4, 0.5) is 0 Å². The number of carbonyl (C=O) groups is 1. The zero-order valence-corrected chi connectivity index (χ0v) is 9.55. The van der Waals surface area contributed by atoms with Crippen molar-refractivity contribution in [3.8, 4) is 11.3 Å².